The van der Waals surface area contributed by atoms with Crippen LogP contribution in [-0.4, -0.2) is 39.5 Å². The maximum Gasteiger partial charge on any atom is 0.341 e. The number of aryl methyl sites for hydroxylation is 3. The van der Waals surface area contributed by atoms with E-state index in [2.05, 4.69) is 15.5 Å². The number of carbonyl (C=O) groups is 2. The number of thiophene rings is 1. The van der Waals surface area contributed by atoms with Crippen molar-refractivity contribution in [2.75, 3.05) is 18.2 Å². The average Bonchev–Trinajstić information content (AvgIpc) is 3.48. The molecule has 4 rings (SSSR count). The first-order valence-electron chi connectivity index (χ1n) is 12.1. The van der Waals surface area contributed by atoms with E-state index < -0.39 is 5.97 Å². The number of aromatic nitrogens is 3. The molecule has 0 aliphatic carbocycles. The molecule has 0 saturated carbocycles. The van der Waals surface area contributed by atoms with Gasteiger partial charge in [-0.3, -0.25) is 4.79 Å². The Morgan fingerprint density at radius 1 is 1.10 bits per heavy atom. The Bertz CT molecular complexity index is 1530. The van der Waals surface area contributed by atoms with Crippen molar-refractivity contribution in [3.05, 3.63) is 74.9 Å². The van der Waals surface area contributed by atoms with Crippen molar-refractivity contribution in [1.29, 1.82) is 0 Å². The van der Waals surface area contributed by atoms with Crippen LogP contribution >= 0.6 is 34.7 Å². The summed E-state index contributed by atoms with van der Waals surface area (Å²) in [5.74, 6) is 0.635. The van der Waals surface area contributed by atoms with Gasteiger partial charge in [-0.2, -0.15) is 0 Å². The van der Waals surface area contributed by atoms with Gasteiger partial charge in [0.2, 0.25) is 5.91 Å². The molecule has 2 aromatic heterocycles. The van der Waals surface area contributed by atoms with E-state index in [0.29, 0.717) is 32.3 Å². The lowest BCUT2D eigenvalue weighted by atomic mass is 9.97. The zero-order valence-electron chi connectivity index (χ0n) is 22.5. The summed E-state index contributed by atoms with van der Waals surface area (Å²) in [4.78, 5) is 25.6. The van der Waals surface area contributed by atoms with Gasteiger partial charge < -0.3 is 19.4 Å². The Hall–Kier alpha value is -3.34. The molecule has 0 fully saturated rings. The number of nitrogens with zero attached hydrogens (tertiary/aromatic N) is 3. The van der Waals surface area contributed by atoms with Gasteiger partial charge in [0.1, 0.15) is 16.3 Å². The molecule has 2 heterocycles. The van der Waals surface area contributed by atoms with E-state index in [4.69, 9.17) is 21.1 Å². The molecule has 0 bridgehead atoms. The number of rotatable bonds is 9. The molecule has 0 saturated heterocycles. The van der Waals surface area contributed by atoms with E-state index in [9.17, 15) is 9.59 Å². The summed E-state index contributed by atoms with van der Waals surface area (Å²) in [6.07, 6.45) is -0.372. The minimum atomic E-state index is -0.502. The highest BCUT2D eigenvalue weighted by Gasteiger charge is 2.24. The first-order valence-corrected chi connectivity index (χ1v) is 14.4. The van der Waals surface area contributed by atoms with Crippen molar-refractivity contribution in [3.8, 4) is 16.9 Å². The molecule has 39 heavy (non-hydrogen) atoms. The summed E-state index contributed by atoms with van der Waals surface area (Å²) >= 11 is 8.58. The van der Waals surface area contributed by atoms with Gasteiger partial charge in [0.05, 0.1) is 12.9 Å². The quantitative estimate of drug-likeness (QED) is 0.171. The summed E-state index contributed by atoms with van der Waals surface area (Å²) in [7, 11) is 3.16. The Kier molecular flexibility index (Phi) is 8.99. The fourth-order valence-corrected chi connectivity index (χ4v) is 5.97. The zero-order valence-corrected chi connectivity index (χ0v) is 24.9. The second kappa shape index (κ2) is 12.2. The molecule has 4 aromatic rings. The van der Waals surface area contributed by atoms with Crippen molar-refractivity contribution < 1.29 is 19.1 Å². The Balaban J connectivity index is 1.45. The lowest BCUT2D eigenvalue weighted by molar-refractivity contribution is -0.113. The van der Waals surface area contributed by atoms with E-state index in [1.54, 1.807) is 10.6 Å². The molecule has 8 nitrogen and oxygen atoms in total. The Morgan fingerprint density at radius 3 is 2.59 bits per heavy atom. The SMILES string of the molecule is COC(=O)c1c(-c2cc(C)ccc2C)csc1NC(=O)CSc1nnc(C(C)Oc2ccc(Cl)cc2C)n1C. The second-order valence-electron chi connectivity index (χ2n) is 9.07. The molecule has 1 unspecified atom stereocenters. The van der Waals surface area contributed by atoms with Crippen LogP contribution in [0.25, 0.3) is 11.1 Å². The van der Waals surface area contributed by atoms with Gasteiger partial charge >= 0.3 is 5.97 Å². The third-order valence-electron chi connectivity index (χ3n) is 6.12. The van der Waals surface area contributed by atoms with E-state index >= 15 is 0 Å². The number of ether oxygens (including phenoxy) is 2. The van der Waals surface area contributed by atoms with Gasteiger partial charge in [0.15, 0.2) is 17.1 Å². The highest BCUT2D eigenvalue weighted by molar-refractivity contribution is 7.99. The summed E-state index contributed by atoms with van der Waals surface area (Å²) in [5, 5.41) is 14.9. The number of anilines is 1. The summed E-state index contributed by atoms with van der Waals surface area (Å²) < 4.78 is 12.9. The first-order chi connectivity index (χ1) is 18.6. The third kappa shape index (κ3) is 6.46. The molecule has 11 heteroatoms. The topological polar surface area (TPSA) is 95.3 Å². The Labute approximate surface area is 240 Å². The minimum Gasteiger partial charge on any atom is -0.482 e. The lowest BCUT2D eigenvalue weighted by Crippen LogP contribution is -2.16. The molecule has 0 radical (unpaired) electrons. The number of halogens is 1. The smallest absolute Gasteiger partial charge is 0.341 e. The van der Waals surface area contributed by atoms with Gasteiger partial charge in [-0.05, 0) is 62.6 Å². The van der Waals surface area contributed by atoms with Crippen LogP contribution in [0.2, 0.25) is 5.02 Å². The van der Waals surface area contributed by atoms with Gasteiger partial charge in [-0.15, -0.1) is 21.5 Å². The number of nitrogens with one attached hydrogen (secondary N) is 1. The predicted molar refractivity (Wildman–Crippen MR) is 156 cm³/mol. The molecular weight excluding hydrogens is 556 g/mol. The Morgan fingerprint density at radius 2 is 1.87 bits per heavy atom. The van der Waals surface area contributed by atoms with Crippen LogP contribution in [0.5, 0.6) is 5.75 Å². The highest BCUT2D eigenvalue weighted by Crippen LogP contribution is 2.38. The molecule has 0 aliphatic heterocycles. The number of hydrogen-bond donors (Lipinski definition) is 1. The second-order valence-corrected chi connectivity index (χ2v) is 11.3. The van der Waals surface area contributed by atoms with E-state index in [1.165, 1.54) is 30.2 Å². The summed E-state index contributed by atoms with van der Waals surface area (Å²) in [5.41, 5.74) is 5.03. The highest BCUT2D eigenvalue weighted by atomic mass is 35.5. The standard InChI is InChI=1S/C28H29ClN4O4S2/c1-15-7-8-16(2)20(11-15)21-13-38-26(24(21)27(35)36-6)30-23(34)14-39-28-32-31-25(33(28)5)18(4)37-22-10-9-19(29)12-17(22)3/h7-13,18H,14H2,1-6H3,(H,30,34). The normalized spacial score (nSPS) is 11.8. The maximum atomic E-state index is 12.9. The molecule has 1 atom stereocenters. The molecule has 1 N–H and O–H groups in total. The number of esters is 1. The first kappa shape index (κ1) is 28.7. The van der Waals surface area contributed by atoms with Gasteiger partial charge in [-0.1, -0.05) is 47.1 Å². The lowest BCUT2D eigenvalue weighted by Gasteiger charge is -2.16. The largest absolute Gasteiger partial charge is 0.482 e. The number of benzene rings is 2. The minimum absolute atomic E-state index is 0.0782. The maximum absolute atomic E-state index is 12.9. The van der Waals surface area contributed by atoms with Crippen LogP contribution in [0.15, 0.2) is 46.9 Å². The van der Waals surface area contributed by atoms with Crippen LogP contribution in [-0.2, 0) is 16.6 Å². The molecule has 204 valence electrons. The third-order valence-corrected chi connectivity index (χ3v) is 8.27. The molecule has 1 amide bonds. The monoisotopic (exact) mass is 584 g/mol. The van der Waals surface area contributed by atoms with Gasteiger partial charge in [-0.25, -0.2) is 4.79 Å². The van der Waals surface area contributed by atoms with Crippen molar-refractivity contribution in [2.45, 2.75) is 39.0 Å². The molecular formula is C28H29ClN4O4S2. The van der Waals surface area contributed by atoms with Gasteiger partial charge in [0.25, 0.3) is 0 Å². The number of thioether (sulfide) groups is 1. The predicted octanol–water partition coefficient (Wildman–Crippen LogP) is 6.78. The van der Waals surface area contributed by atoms with Gasteiger partial charge in [0, 0.05) is 23.0 Å². The summed E-state index contributed by atoms with van der Waals surface area (Å²) in [6, 6.07) is 11.5. The van der Waals surface area contributed by atoms with Crippen molar-refractivity contribution in [3.63, 3.8) is 0 Å². The fraction of sp³-hybridized carbons (Fsp3) is 0.286. The van der Waals surface area contributed by atoms with E-state index in [-0.39, 0.29) is 17.8 Å². The van der Waals surface area contributed by atoms with Crippen LogP contribution < -0.4 is 10.1 Å². The number of amides is 1. The van der Waals surface area contributed by atoms with Crippen LogP contribution in [0, 0.1) is 20.8 Å². The van der Waals surface area contributed by atoms with Crippen LogP contribution in [0.4, 0.5) is 5.00 Å². The number of hydrogen-bond acceptors (Lipinski definition) is 8. The fourth-order valence-electron chi connectivity index (χ4n) is 4.07. The molecule has 2 aromatic carbocycles. The van der Waals surface area contributed by atoms with Crippen molar-refractivity contribution in [2.24, 2.45) is 7.05 Å². The molecule has 0 spiro atoms. The average molecular weight is 585 g/mol. The number of carbonyl (C=O) groups excluding carboxylic acids is 2. The summed E-state index contributed by atoms with van der Waals surface area (Å²) in [6.45, 7) is 7.79. The van der Waals surface area contributed by atoms with E-state index in [1.807, 2.05) is 70.5 Å². The van der Waals surface area contributed by atoms with Crippen molar-refractivity contribution >= 4 is 51.6 Å². The van der Waals surface area contributed by atoms with Crippen LogP contribution in [0.3, 0.4) is 0 Å². The molecule has 0 aliphatic rings. The zero-order chi connectivity index (χ0) is 28.3. The van der Waals surface area contributed by atoms with E-state index in [0.717, 1.165) is 27.8 Å². The van der Waals surface area contributed by atoms with Crippen LogP contribution in [0.1, 0.15) is 45.9 Å². The van der Waals surface area contributed by atoms with Crippen molar-refractivity contribution in [1.82, 2.24) is 14.8 Å². The number of methoxy groups -OCH3 is 1.